The highest BCUT2D eigenvalue weighted by molar-refractivity contribution is 6.69. The summed E-state index contributed by atoms with van der Waals surface area (Å²) in [6, 6.07) is 7.21. The van der Waals surface area contributed by atoms with Gasteiger partial charge in [0, 0.05) is 11.2 Å². The van der Waals surface area contributed by atoms with Gasteiger partial charge in [0.1, 0.15) is 0 Å². The van der Waals surface area contributed by atoms with Crippen LogP contribution in [0, 0.1) is 6.92 Å². The van der Waals surface area contributed by atoms with Crippen LogP contribution < -0.4 is 0 Å². The van der Waals surface area contributed by atoms with E-state index in [0.29, 0.717) is 21.7 Å². The lowest BCUT2D eigenvalue weighted by atomic mass is 10.2. The van der Waals surface area contributed by atoms with Crippen LogP contribution in [0.25, 0.3) is 16.7 Å². The lowest BCUT2D eigenvalue weighted by molar-refractivity contribution is 0.108. The van der Waals surface area contributed by atoms with Crippen LogP contribution in [0.15, 0.2) is 30.5 Å². The van der Waals surface area contributed by atoms with Gasteiger partial charge in [0.05, 0.1) is 27.4 Å². The maximum absolute atomic E-state index is 11.3. The summed E-state index contributed by atoms with van der Waals surface area (Å²) >= 11 is 17.7. The number of pyridine rings is 1. The standard InChI is InChI=1S/C14H8Cl3N3O/c1-7-11-12(16)10(13(17)21)6-18-14(11)20(19-7)9-4-2-3-8(15)5-9/h2-6H,1H3. The zero-order chi connectivity index (χ0) is 15.1. The van der Waals surface area contributed by atoms with Crippen LogP contribution in [0.4, 0.5) is 0 Å². The number of rotatable bonds is 2. The van der Waals surface area contributed by atoms with Crippen molar-refractivity contribution < 1.29 is 4.79 Å². The van der Waals surface area contributed by atoms with Crippen LogP contribution in [0.3, 0.4) is 0 Å². The minimum atomic E-state index is -0.649. The molecule has 3 rings (SSSR count). The molecule has 0 bridgehead atoms. The monoisotopic (exact) mass is 339 g/mol. The average Bonchev–Trinajstić information content (AvgIpc) is 2.77. The molecular weight excluding hydrogens is 333 g/mol. The van der Waals surface area contributed by atoms with Gasteiger partial charge in [-0.25, -0.2) is 9.67 Å². The Hall–Kier alpha value is -1.62. The summed E-state index contributed by atoms with van der Waals surface area (Å²) in [7, 11) is 0. The number of carbonyl (C=O) groups excluding carboxylic acids is 1. The molecule has 0 aliphatic rings. The van der Waals surface area contributed by atoms with E-state index in [0.717, 1.165) is 5.69 Å². The van der Waals surface area contributed by atoms with E-state index in [4.69, 9.17) is 34.8 Å². The highest BCUT2D eigenvalue weighted by Gasteiger charge is 2.18. The number of nitrogens with zero attached hydrogens (tertiary/aromatic N) is 3. The van der Waals surface area contributed by atoms with E-state index >= 15 is 0 Å². The summed E-state index contributed by atoms with van der Waals surface area (Å²) in [6.45, 7) is 1.79. The van der Waals surface area contributed by atoms with Crippen LogP contribution in [-0.4, -0.2) is 20.0 Å². The molecule has 0 unspecified atom stereocenters. The molecule has 106 valence electrons. The molecule has 0 saturated carbocycles. The molecule has 0 aliphatic carbocycles. The first kappa shape index (κ1) is 14.3. The fraction of sp³-hybridized carbons (Fsp3) is 0.0714. The molecule has 2 aromatic heterocycles. The van der Waals surface area contributed by atoms with Crippen molar-refractivity contribution >= 4 is 51.1 Å². The van der Waals surface area contributed by atoms with Crippen molar-refractivity contribution in [2.45, 2.75) is 6.92 Å². The lowest BCUT2D eigenvalue weighted by Crippen LogP contribution is -1.99. The van der Waals surface area contributed by atoms with Crippen molar-refractivity contribution in [3.05, 3.63) is 51.8 Å². The molecule has 2 heterocycles. The Morgan fingerprint density at radius 2 is 2.05 bits per heavy atom. The third kappa shape index (κ3) is 2.39. The van der Waals surface area contributed by atoms with E-state index in [1.165, 1.54) is 6.20 Å². The van der Waals surface area contributed by atoms with E-state index in [9.17, 15) is 4.79 Å². The second kappa shape index (κ2) is 5.30. The quantitative estimate of drug-likeness (QED) is 0.649. The molecule has 3 aromatic rings. The molecule has 0 spiro atoms. The normalized spacial score (nSPS) is 11.0. The van der Waals surface area contributed by atoms with Crippen LogP contribution in [0.1, 0.15) is 16.1 Å². The summed E-state index contributed by atoms with van der Waals surface area (Å²) in [4.78, 5) is 15.6. The Labute approximate surface area is 135 Å². The average molecular weight is 341 g/mol. The van der Waals surface area contributed by atoms with Crippen molar-refractivity contribution in [1.29, 1.82) is 0 Å². The van der Waals surface area contributed by atoms with Crippen molar-refractivity contribution in [3.8, 4) is 5.69 Å². The maximum Gasteiger partial charge on any atom is 0.255 e. The SMILES string of the molecule is Cc1nn(-c2cccc(Cl)c2)c2ncc(C(=O)Cl)c(Cl)c12. The third-order valence-corrected chi connectivity index (χ3v) is 3.90. The van der Waals surface area contributed by atoms with Crippen LogP contribution in [-0.2, 0) is 0 Å². The number of hydrogen-bond donors (Lipinski definition) is 0. The van der Waals surface area contributed by atoms with E-state index in [1.807, 2.05) is 12.1 Å². The number of carbonyl (C=O) groups is 1. The van der Waals surface area contributed by atoms with Gasteiger partial charge in [-0.15, -0.1) is 0 Å². The van der Waals surface area contributed by atoms with Gasteiger partial charge in [0.25, 0.3) is 5.24 Å². The Morgan fingerprint density at radius 3 is 2.71 bits per heavy atom. The number of fused-ring (bicyclic) bond motifs is 1. The highest BCUT2D eigenvalue weighted by Crippen LogP contribution is 2.30. The number of benzene rings is 1. The van der Waals surface area contributed by atoms with E-state index < -0.39 is 5.24 Å². The Balaban J connectivity index is 2.33. The van der Waals surface area contributed by atoms with Gasteiger partial charge in [0.15, 0.2) is 5.65 Å². The van der Waals surface area contributed by atoms with Crippen molar-refractivity contribution in [2.24, 2.45) is 0 Å². The lowest BCUT2D eigenvalue weighted by Gasteiger charge is -2.04. The summed E-state index contributed by atoms with van der Waals surface area (Å²) < 4.78 is 1.63. The highest BCUT2D eigenvalue weighted by atomic mass is 35.5. The molecule has 7 heteroatoms. The zero-order valence-electron chi connectivity index (χ0n) is 10.8. The van der Waals surface area contributed by atoms with Gasteiger partial charge in [-0.05, 0) is 36.7 Å². The number of hydrogen-bond acceptors (Lipinski definition) is 3. The van der Waals surface area contributed by atoms with Crippen molar-refractivity contribution in [2.75, 3.05) is 0 Å². The van der Waals surface area contributed by atoms with Crippen LogP contribution in [0.2, 0.25) is 10.0 Å². The molecular formula is C14H8Cl3N3O. The fourth-order valence-electron chi connectivity index (χ4n) is 2.13. The summed E-state index contributed by atoms with van der Waals surface area (Å²) in [6.07, 6.45) is 1.35. The molecule has 0 atom stereocenters. The van der Waals surface area contributed by atoms with Gasteiger partial charge < -0.3 is 0 Å². The molecule has 1 aromatic carbocycles. The van der Waals surface area contributed by atoms with Gasteiger partial charge in [0.2, 0.25) is 0 Å². The van der Waals surface area contributed by atoms with Gasteiger partial charge >= 0.3 is 0 Å². The fourth-order valence-corrected chi connectivity index (χ4v) is 2.87. The Morgan fingerprint density at radius 1 is 1.29 bits per heavy atom. The minimum Gasteiger partial charge on any atom is -0.275 e. The molecule has 0 radical (unpaired) electrons. The Kier molecular flexibility index (Phi) is 3.61. The van der Waals surface area contributed by atoms with E-state index in [-0.39, 0.29) is 10.6 Å². The summed E-state index contributed by atoms with van der Waals surface area (Å²) in [5.41, 5.74) is 2.12. The van der Waals surface area contributed by atoms with Gasteiger partial charge in [-0.1, -0.05) is 29.3 Å². The molecule has 0 amide bonds. The predicted molar refractivity (Wildman–Crippen MR) is 83.8 cm³/mol. The molecule has 0 fully saturated rings. The minimum absolute atomic E-state index is 0.166. The first-order valence-electron chi connectivity index (χ1n) is 5.98. The first-order valence-corrected chi connectivity index (χ1v) is 7.12. The third-order valence-electron chi connectivity index (χ3n) is 3.07. The zero-order valence-corrected chi connectivity index (χ0v) is 13.0. The second-order valence-electron chi connectivity index (χ2n) is 4.44. The predicted octanol–water partition coefficient (Wildman–Crippen LogP) is 4.41. The van der Waals surface area contributed by atoms with Crippen molar-refractivity contribution in [3.63, 3.8) is 0 Å². The van der Waals surface area contributed by atoms with E-state index in [2.05, 4.69) is 10.1 Å². The number of halogens is 3. The van der Waals surface area contributed by atoms with Crippen molar-refractivity contribution in [1.82, 2.24) is 14.8 Å². The molecule has 0 aliphatic heterocycles. The first-order chi connectivity index (χ1) is 9.99. The molecule has 4 nitrogen and oxygen atoms in total. The summed E-state index contributed by atoms with van der Waals surface area (Å²) in [5.74, 6) is 0. The topological polar surface area (TPSA) is 47.8 Å². The Bertz CT molecular complexity index is 873. The smallest absolute Gasteiger partial charge is 0.255 e. The summed E-state index contributed by atoms with van der Waals surface area (Å²) in [5, 5.41) is 5.22. The van der Waals surface area contributed by atoms with Crippen LogP contribution >= 0.6 is 34.8 Å². The van der Waals surface area contributed by atoms with Gasteiger partial charge in [-0.3, -0.25) is 4.79 Å². The molecule has 0 saturated heterocycles. The number of aromatic nitrogens is 3. The van der Waals surface area contributed by atoms with Gasteiger partial charge in [-0.2, -0.15) is 5.10 Å². The largest absolute Gasteiger partial charge is 0.275 e. The van der Waals surface area contributed by atoms with Crippen LogP contribution in [0.5, 0.6) is 0 Å². The number of aryl methyl sites for hydroxylation is 1. The van der Waals surface area contributed by atoms with E-state index in [1.54, 1.807) is 23.7 Å². The molecule has 21 heavy (non-hydrogen) atoms. The second-order valence-corrected chi connectivity index (χ2v) is 5.59. The maximum atomic E-state index is 11.3. The molecule has 0 N–H and O–H groups in total.